The number of methoxy groups -OCH3 is 1. The lowest BCUT2D eigenvalue weighted by Gasteiger charge is -2.25. The minimum Gasteiger partial charge on any atom is -0.493 e. The maximum absolute atomic E-state index is 5.74. The van der Waals surface area contributed by atoms with Crippen molar-refractivity contribution in [3.8, 4) is 5.75 Å². The van der Waals surface area contributed by atoms with Gasteiger partial charge in [-0.3, -0.25) is 16.0 Å². The number of rotatable bonds is 5. The SMILES string of the molecule is COc1cnn(C(C)C)c1C(NN)C1(C)CC1. The first-order valence-electron chi connectivity index (χ1n) is 6.11. The number of hydrogen-bond acceptors (Lipinski definition) is 4. The Kier molecular flexibility index (Phi) is 3.14. The summed E-state index contributed by atoms with van der Waals surface area (Å²) in [4.78, 5) is 0. The van der Waals surface area contributed by atoms with Crippen molar-refractivity contribution < 1.29 is 4.74 Å². The van der Waals surface area contributed by atoms with E-state index in [1.807, 2.05) is 4.68 Å². The van der Waals surface area contributed by atoms with Crippen molar-refractivity contribution in [2.75, 3.05) is 7.11 Å². The third kappa shape index (κ3) is 2.05. The van der Waals surface area contributed by atoms with Gasteiger partial charge >= 0.3 is 0 Å². The number of nitrogens with two attached hydrogens (primary N) is 1. The lowest BCUT2D eigenvalue weighted by atomic mass is 9.95. The standard InChI is InChI=1S/C12H22N4O/c1-8(2)16-10(9(17-4)7-14-16)11(15-13)12(3)5-6-12/h7-8,11,15H,5-6,13H2,1-4H3. The van der Waals surface area contributed by atoms with Gasteiger partial charge in [0.25, 0.3) is 0 Å². The molecule has 1 unspecified atom stereocenters. The maximum atomic E-state index is 5.74. The van der Waals surface area contributed by atoms with Crippen molar-refractivity contribution in [3.63, 3.8) is 0 Å². The minimum atomic E-state index is 0.0994. The predicted octanol–water partition coefficient (Wildman–Crippen LogP) is 1.78. The summed E-state index contributed by atoms with van der Waals surface area (Å²) in [5, 5.41) is 4.39. The molecule has 0 aliphatic heterocycles. The molecule has 5 nitrogen and oxygen atoms in total. The van der Waals surface area contributed by atoms with Crippen LogP contribution in [0.5, 0.6) is 5.75 Å². The van der Waals surface area contributed by atoms with E-state index in [-0.39, 0.29) is 11.5 Å². The molecule has 17 heavy (non-hydrogen) atoms. The van der Waals surface area contributed by atoms with E-state index in [4.69, 9.17) is 10.6 Å². The van der Waals surface area contributed by atoms with Gasteiger partial charge in [0.1, 0.15) is 0 Å². The molecule has 1 aromatic rings. The molecule has 0 bridgehead atoms. The van der Waals surface area contributed by atoms with E-state index >= 15 is 0 Å². The number of nitrogens with one attached hydrogen (secondary N) is 1. The highest BCUT2D eigenvalue weighted by Gasteiger charge is 2.47. The molecular formula is C12H22N4O. The van der Waals surface area contributed by atoms with Gasteiger partial charge in [-0.2, -0.15) is 5.10 Å². The van der Waals surface area contributed by atoms with Gasteiger partial charge in [-0.15, -0.1) is 0 Å². The van der Waals surface area contributed by atoms with E-state index < -0.39 is 0 Å². The van der Waals surface area contributed by atoms with Crippen molar-refractivity contribution in [1.82, 2.24) is 15.2 Å². The molecule has 3 N–H and O–H groups in total. The highest BCUT2D eigenvalue weighted by Crippen LogP contribution is 2.55. The number of aromatic nitrogens is 2. The second-order valence-corrected chi connectivity index (χ2v) is 5.39. The Hall–Kier alpha value is -1.07. The molecule has 0 radical (unpaired) electrons. The van der Waals surface area contributed by atoms with Gasteiger partial charge in [-0.1, -0.05) is 6.92 Å². The topological polar surface area (TPSA) is 65.1 Å². The summed E-state index contributed by atoms with van der Waals surface area (Å²) in [5.74, 6) is 6.55. The number of ether oxygens (including phenoxy) is 1. The van der Waals surface area contributed by atoms with E-state index in [9.17, 15) is 0 Å². The second-order valence-electron chi connectivity index (χ2n) is 5.39. The van der Waals surface area contributed by atoms with Gasteiger partial charge < -0.3 is 4.74 Å². The lowest BCUT2D eigenvalue weighted by Crippen LogP contribution is -2.35. The molecule has 5 heteroatoms. The first-order valence-corrected chi connectivity index (χ1v) is 6.11. The molecule has 1 aromatic heterocycles. The van der Waals surface area contributed by atoms with Crippen molar-refractivity contribution in [3.05, 3.63) is 11.9 Å². The molecule has 0 amide bonds. The normalized spacial score (nSPS) is 19.4. The Balaban J connectivity index is 2.43. The van der Waals surface area contributed by atoms with Crippen LogP contribution >= 0.6 is 0 Å². The van der Waals surface area contributed by atoms with Crippen molar-refractivity contribution >= 4 is 0 Å². The van der Waals surface area contributed by atoms with Gasteiger partial charge in [0.05, 0.1) is 25.0 Å². The molecule has 2 rings (SSSR count). The Morgan fingerprint density at radius 1 is 1.53 bits per heavy atom. The van der Waals surface area contributed by atoms with Gasteiger partial charge in [-0.05, 0) is 32.1 Å². The van der Waals surface area contributed by atoms with Crippen molar-refractivity contribution in [1.29, 1.82) is 0 Å². The molecule has 0 saturated heterocycles. The fourth-order valence-corrected chi connectivity index (χ4v) is 2.30. The van der Waals surface area contributed by atoms with E-state index in [0.29, 0.717) is 6.04 Å². The van der Waals surface area contributed by atoms with Crippen LogP contribution in [0.4, 0.5) is 0 Å². The zero-order chi connectivity index (χ0) is 12.6. The van der Waals surface area contributed by atoms with E-state index in [1.54, 1.807) is 13.3 Å². The summed E-state index contributed by atoms with van der Waals surface area (Å²) < 4.78 is 7.40. The minimum absolute atomic E-state index is 0.0994. The second kappa shape index (κ2) is 4.31. The number of hydrazine groups is 1. The van der Waals surface area contributed by atoms with Crippen LogP contribution < -0.4 is 16.0 Å². The predicted molar refractivity (Wildman–Crippen MR) is 66.6 cm³/mol. The summed E-state index contributed by atoms with van der Waals surface area (Å²) in [5.41, 5.74) is 4.23. The van der Waals surface area contributed by atoms with E-state index in [1.165, 1.54) is 12.8 Å². The summed E-state index contributed by atoms with van der Waals surface area (Å²) in [6.07, 6.45) is 4.15. The molecule has 1 heterocycles. The Labute approximate surface area is 102 Å². The molecule has 0 aromatic carbocycles. The van der Waals surface area contributed by atoms with Crippen molar-refractivity contribution in [2.24, 2.45) is 11.3 Å². The Morgan fingerprint density at radius 2 is 2.18 bits per heavy atom. The Bertz CT molecular complexity index is 395. The molecule has 0 spiro atoms. The third-order valence-corrected chi connectivity index (χ3v) is 3.68. The average Bonchev–Trinajstić information content (AvgIpc) is 2.89. The van der Waals surface area contributed by atoms with Gasteiger partial charge in [0, 0.05) is 6.04 Å². The molecule has 1 atom stereocenters. The average molecular weight is 238 g/mol. The van der Waals surface area contributed by atoms with Crippen LogP contribution in [0.3, 0.4) is 0 Å². The highest BCUT2D eigenvalue weighted by molar-refractivity contribution is 5.31. The molecule has 1 fully saturated rings. The van der Waals surface area contributed by atoms with E-state index in [2.05, 4.69) is 31.3 Å². The monoisotopic (exact) mass is 238 g/mol. The van der Waals surface area contributed by atoms with Crippen LogP contribution in [-0.2, 0) is 0 Å². The largest absolute Gasteiger partial charge is 0.493 e. The molecular weight excluding hydrogens is 216 g/mol. The third-order valence-electron chi connectivity index (χ3n) is 3.68. The Morgan fingerprint density at radius 3 is 2.59 bits per heavy atom. The first-order chi connectivity index (χ1) is 8.03. The van der Waals surface area contributed by atoms with Gasteiger partial charge in [0.2, 0.25) is 0 Å². The zero-order valence-electron chi connectivity index (χ0n) is 11.0. The fourth-order valence-electron chi connectivity index (χ4n) is 2.30. The number of hydrogen-bond donors (Lipinski definition) is 2. The van der Waals surface area contributed by atoms with Crippen LogP contribution in [0.1, 0.15) is 51.4 Å². The van der Waals surface area contributed by atoms with Crippen LogP contribution in [-0.4, -0.2) is 16.9 Å². The molecule has 1 saturated carbocycles. The lowest BCUT2D eigenvalue weighted by molar-refractivity contribution is 0.319. The number of nitrogens with zero attached hydrogens (tertiary/aromatic N) is 2. The quantitative estimate of drug-likeness (QED) is 0.606. The van der Waals surface area contributed by atoms with Crippen LogP contribution in [0, 0.1) is 5.41 Å². The van der Waals surface area contributed by atoms with Gasteiger partial charge in [0.15, 0.2) is 5.75 Å². The summed E-state index contributed by atoms with van der Waals surface area (Å²) >= 11 is 0. The zero-order valence-corrected chi connectivity index (χ0v) is 11.0. The van der Waals surface area contributed by atoms with Crippen LogP contribution in [0.2, 0.25) is 0 Å². The smallest absolute Gasteiger partial charge is 0.161 e. The fraction of sp³-hybridized carbons (Fsp3) is 0.750. The van der Waals surface area contributed by atoms with Gasteiger partial charge in [-0.25, -0.2) is 0 Å². The summed E-state index contributed by atoms with van der Waals surface area (Å²) in [6, 6.07) is 0.398. The molecule has 1 aliphatic carbocycles. The summed E-state index contributed by atoms with van der Waals surface area (Å²) in [6.45, 7) is 6.46. The summed E-state index contributed by atoms with van der Waals surface area (Å²) in [7, 11) is 1.67. The van der Waals surface area contributed by atoms with Crippen LogP contribution in [0.15, 0.2) is 6.20 Å². The van der Waals surface area contributed by atoms with E-state index in [0.717, 1.165) is 11.4 Å². The van der Waals surface area contributed by atoms with Crippen molar-refractivity contribution in [2.45, 2.75) is 45.7 Å². The molecule has 1 aliphatic rings. The first kappa shape index (κ1) is 12.4. The maximum Gasteiger partial charge on any atom is 0.161 e. The highest BCUT2D eigenvalue weighted by atomic mass is 16.5. The van der Waals surface area contributed by atoms with Crippen LogP contribution in [0.25, 0.3) is 0 Å². The molecule has 96 valence electrons.